The number of anilines is 1. The van der Waals surface area contributed by atoms with Crippen LogP contribution in [0.25, 0.3) is 11.0 Å². The lowest BCUT2D eigenvalue weighted by atomic mass is 10.1. The first-order valence-corrected chi connectivity index (χ1v) is 9.78. The highest BCUT2D eigenvalue weighted by molar-refractivity contribution is 5.95. The zero-order valence-electron chi connectivity index (χ0n) is 16.2. The normalized spacial score (nSPS) is 13.4. The number of benzene rings is 2. The van der Waals surface area contributed by atoms with Crippen molar-refractivity contribution < 1.29 is 9.72 Å². The lowest BCUT2D eigenvalue weighted by Crippen LogP contribution is -2.25. The smallest absolute Gasteiger partial charge is 0.293 e. The first-order valence-electron chi connectivity index (χ1n) is 9.78. The topological polar surface area (TPSA) is 102 Å². The van der Waals surface area contributed by atoms with Gasteiger partial charge in [-0.25, -0.2) is 4.98 Å². The van der Waals surface area contributed by atoms with Gasteiger partial charge < -0.3 is 15.2 Å². The van der Waals surface area contributed by atoms with Crippen molar-refractivity contribution in [3.63, 3.8) is 0 Å². The van der Waals surface area contributed by atoms with Gasteiger partial charge in [0.05, 0.1) is 16.0 Å². The Morgan fingerprint density at radius 3 is 2.83 bits per heavy atom. The van der Waals surface area contributed by atoms with Crippen molar-refractivity contribution in [2.45, 2.75) is 38.8 Å². The van der Waals surface area contributed by atoms with Crippen LogP contribution in [0.3, 0.4) is 0 Å². The van der Waals surface area contributed by atoms with Crippen LogP contribution in [0.5, 0.6) is 0 Å². The van der Waals surface area contributed by atoms with Gasteiger partial charge in [0.1, 0.15) is 11.5 Å². The van der Waals surface area contributed by atoms with Gasteiger partial charge in [0.15, 0.2) is 0 Å². The summed E-state index contributed by atoms with van der Waals surface area (Å²) in [5.74, 6) is 0.630. The van der Waals surface area contributed by atoms with Crippen molar-refractivity contribution in [1.29, 1.82) is 0 Å². The SMILES string of the molecule is Cc1nc2ccccc2n1CCCNC(=O)c1ccc(NC2CC2)c([N+](=O)[O-])c1. The van der Waals surface area contributed by atoms with Crippen molar-refractivity contribution in [3.05, 3.63) is 64.0 Å². The molecule has 1 fully saturated rings. The van der Waals surface area contributed by atoms with E-state index in [1.54, 1.807) is 12.1 Å². The number of nitro groups is 1. The summed E-state index contributed by atoms with van der Waals surface area (Å²) in [6, 6.07) is 12.8. The number of nitrogens with zero attached hydrogens (tertiary/aromatic N) is 3. The molecule has 0 radical (unpaired) electrons. The second-order valence-corrected chi connectivity index (χ2v) is 7.32. The number of para-hydroxylation sites is 2. The third kappa shape index (κ3) is 4.21. The van der Waals surface area contributed by atoms with Crippen LogP contribution in [-0.2, 0) is 6.54 Å². The zero-order valence-corrected chi connectivity index (χ0v) is 16.2. The maximum absolute atomic E-state index is 12.4. The van der Waals surface area contributed by atoms with E-state index >= 15 is 0 Å². The molecule has 0 aliphatic heterocycles. The fraction of sp³-hybridized carbons (Fsp3) is 0.333. The quantitative estimate of drug-likeness (QED) is 0.345. The van der Waals surface area contributed by atoms with E-state index in [1.165, 1.54) is 6.07 Å². The number of nitrogens with one attached hydrogen (secondary N) is 2. The minimum absolute atomic E-state index is 0.0648. The molecule has 1 aliphatic carbocycles. The molecule has 0 unspecified atom stereocenters. The molecule has 2 N–H and O–H groups in total. The van der Waals surface area contributed by atoms with E-state index in [-0.39, 0.29) is 11.6 Å². The second-order valence-electron chi connectivity index (χ2n) is 7.32. The standard InChI is InChI=1S/C21H23N5O3/c1-14-23-17-5-2-3-6-19(17)25(14)12-4-11-22-21(27)15-7-10-18(24-16-8-9-16)20(13-15)26(28)29/h2-3,5-7,10,13,16,24H,4,8-9,11-12H2,1H3,(H,22,27). The van der Waals surface area contributed by atoms with Gasteiger partial charge in [-0.15, -0.1) is 0 Å². The van der Waals surface area contributed by atoms with Crippen LogP contribution in [0.1, 0.15) is 35.4 Å². The molecule has 1 heterocycles. The van der Waals surface area contributed by atoms with Crippen molar-refractivity contribution in [3.8, 4) is 0 Å². The van der Waals surface area contributed by atoms with Gasteiger partial charge in [0.25, 0.3) is 11.6 Å². The number of carbonyl (C=O) groups excluding carboxylic acids is 1. The summed E-state index contributed by atoms with van der Waals surface area (Å²) in [6.07, 6.45) is 2.77. The molecule has 0 atom stereocenters. The number of imidazole rings is 1. The lowest BCUT2D eigenvalue weighted by Gasteiger charge is -2.10. The minimum atomic E-state index is -0.450. The maximum atomic E-state index is 12.4. The first-order chi connectivity index (χ1) is 14.0. The third-order valence-electron chi connectivity index (χ3n) is 5.08. The number of carbonyl (C=O) groups is 1. The Hall–Kier alpha value is -3.42. The van der Waals surface area contributed by atoms with Gasteiger partial charge >= 0.3 is 0 Å². The van der Waals surface area contributed by atoms with Crippen LogP contribution < -0.4 is 10.6 Å². The van der Waals surface area contributed by atoms with E-state index in [0.717, 1.165) is 42.7 Å². The number of rotatable bonds is 8. The molecular weight excluding hydrogens is 370 g/mol. The summed E-state index contributed by atoms with van der Waals surface area (Å²) in [4.78, 5) is 27.9. The molecule has 1 amide bonds. The van der Waals surface area contributed by atoms with Crippen molar-refractivity contribution in [2.75, 3.05) is 11.9 Å². The number of fused-ring (bicyclic) bond motifs is 1. The molecule has 150 valence electrons. The molecule has 0 saturated heterocycles. The predicted molar refractivity (Wildman–Crippen MR) is 111 cm³/mol. The van der Waals surface area contributed by atoms with Crippen LogP contribution in [-0.4, -0.2) is 33.0 Å². The molecule has 8 heteroatoms. The molecule has 1 saturated carbocycles. The monoisotopic (exact) mass is 393 g/mol. The largest absolute Gasteiger partial charge is 0.377 e. The fourth-order valence-electron chi connectivity index (χ4n) is 3.41. The van der Waals surface area contributed by atoms with Crippen LogP contribution >= 0.6 is 0 Å². The maximum Gasteiger partial charge on any atom is 0.293 e. The van der Waals surface area contributed by atoms with E-state index in [1.807, 2.05) is 31.2 Å². The molecule has 1 aliphatic rings. The van der Waals surface area contributed by atoms with Crippen LogP contribution in [0.2, 0.25) is 0 Å². The summed E-state index contributed by atoms with van der Waals surface area (Å²) in [6.45, 7) is 3.17. The summed E-state index contributed by atoms with van der Waals surface area (Å²) in [5.41, 5.74) is 2.73. The lowest BCUT2D eigenvalue weighted by molar-refractivity contribution is -0.384. The Labute approximate surface area is 168 Å². The van der Waals surface area contributed by atoms with E-state index < -0.39 is 4.92 Å². The number of amides is 1. The highest BCUT2D eigenvalue weighted by Crippen LogP contribution is 2.31. The fourth-order valence-corrected chi connectivity index (χ4v) is 3.41. The number of aromatic nitrogens is 2. The predicted octanol–water partition coefficient (Wildman–Crippen LogP) is 3.65. The van der Waals surface area contributed by atoms with Crippen LogP contribution in [0.15, 0.2) is 42.5 Å². The Morgan fingerprint density at radius 2 is 2.07 bits per heavy atom. The molecule has 3 aromatic rings. The molecule has 2 aromatic carbocycles. The first kappa shape index (κ1) is 18.9. The number of nitro benzene ring substituents is 1. The molecule has 29 heavy (non-hydrogen) atoms. The molecule has 8 nitrogen and oxygen atoms in total. The molecule has 4 rings (SSSR count). The van der Waals surface area contributed by atoms with Crippen molar-refractivity contribution >= 4 is 28.3 Å². The Morgan fingerprint density at radius 1 is 1.28 bits per heavy atom. The zero-order chi connectivity index (χ0) is 20.4. The van der Waals surface area contributed by atoms with Crippen molar-refractivity contribution in [1.82, 2.24) is 14.9 Å². The molecule has 0 bridgehead atoms. The van der Waals surface area contributed by atoms with E-state index in [0.29, 0.717) is 23.8 Å². The number of aryl methyl sites for hydroxylation is 2. The van der Waals surface area contributed by atoms with E-state index in [4.69, 9.17) is 0 Å². The van der Waals surface area contributed by atoms with Crippen LogP contribution in [0, 0.1) is 17.0 Å². The van der Waals surface area contributed by atoms with Gasteiger partial charge in [0, 0.05) is 30.8 Å². The summed E-state index contributed by atoms with van der Waals surface area (Å²) in [5, 5.41) is 17.3. The second kappa shape index (κ2) is 7.90. The Balaban J connectivity index is 1.36. The molecule has 0 spiro atoms. The van der Waals surface area contributed by atoms with E-state index in [9.17, 15) is 14.9 Å². The van der Waals surface area contributed by atoms with Crippen molar-refractivity contribution in [2.24, 2.45) is 0 Å². The molecule has 1 aromatic heterocycles. The number of hydrogen-bond donors (Lipinski definition) is 2. The number of hydrogen-bond acceptors (Lipinski definition) is 5. The summed E-state index contributed by atoms with van der Waals surface area (Å²) < 4.78 is 2.13. The average molecular weight is 393 g/mol. The van der Waals surface area contributed by atoms with Gasteiger partial charge in [-0.1, -0.05) is 12.1 Å². The highest BCUT2D eigenvalue weighted by Gasteiger charge is 2.25. The highest BCUT2D eigenvalue weighted by atomic mass is 16.6. The average Bonchev–Trinajstić information content (AvgIpc) is 3.46. The van der Waals surface area contributed by atoms with Gasteiger partial charge in [0.2, 0.25) is 0 Å². The Kier molecular flexibility index (Phi) is 5.16. The third-order valence-corrected chi connectivity index (χ3v) is 5.08. The van der Waals surface area contributed by atoms with Crippen LogP contribution in [0.4, 0.5) is 11.4 Å². The van der Waals surface area contributed by atoms with E-state index in [2.05, 4.69) is 20.2 Å². The Bertz CT molecular complexity index is 1070. The summed E-state index contributed by atoms with van der Waals surface area (Å²) in [7, 11) is 0. The van der Waals surface area contributed by atoms with Gasteiger partial charge in [-0.2, -0.15) is 0 Å². The summed E-state index contributed by atoms with van der Waals surface area (Å²) >= 11 is 0. The molecular formula is C21H23N5O3. The van der Waals surface area contributed by atoms with Gasteiger partial charge in [-0.05, 0) is 50.5 Å². The minimum Gasteiger partial charge on any atom is -0.377 e. The van der Waals surface area contributed by atoms with Gasteiger partial charge in [-0.3, -0.25) is 14.9 Å².